The van der Waals surface area contributed by atoms with Gasteiger partial charge in [-0.3, -0.25) is 4.90 Å². The maximum Gasteiger partial charge on any atom is 0.0350 e. The lowest BCUT2D eigenvalue weighted by molar-refractivity contribution is 0.0231. The summed E-state index contributed by atoms with van der Waals surface area (Å²) in [5.74, 6) is 0. The number of rotatable bonds is 5. The second kappa shape index (κ2) is 5.83. The maximum absolute atomic E-state index is 3.21. The fraction of sp³-hybridized carbons (Fsp3) is 1.00. The van der Waals surface area contributed by atoms with E-state index < -0.39 is 0 Å². The molecule has 3 heteroatoms. The van der Waals surface area contributed by atoms with Crippen LogP contribution in [0.1, 0.15) is 25.7 Å². The highest BCUT2D eigenvalue weighted by Gasteiger charge is 2.31. The first-order valence-corrected chi connectivity index (χ1v) is 6.51. The third kappa shape index (κ3) is 3.16. The molecular formula is C12H25N3. The Bertz CT molecular complexity index is 172. The molecule has 3 nitrogen and oxygen atoms in total. The van der Waals surface area contributed by atoms with Gasteiger partial charge in [-0.2, -0.15) is 0 Å². The van der Waals surface area contributed by atoms with E-state index in [4.69, 9.17) is 0 Å². The molecule has 2 aliphatic rings. The summed E-state index contributed by atoms with van der Waals surface area (Å²) in [4.78, 5) is 5.30. The molecule has 2 rings (SSSR count). The Morgan fingerprint density at radius 1 is 1.13 bits per heavy atom. The van der Waals surface area contributed by atoms with E-state index >= 15 is 0 Å². The van der Waals surface area contributed by atoms with Crippen LogP contribution in [-0.2, 0) is 0 Å². The summed E-state index contributed by atoms with van der Waals surface area (Å²) in [6.45, 7) is 7.80. The van der Waals surface area contributed by atoms with Crippen LogP contribution in [0.4, 0.5) is 0 Å². The first-order chi connectivity index (χ1) is 7.40. The molecule has 2 heterocycles. The van der Waals surface area contributed by atoms with Gasteiger partial charge in [-0.1, -0.05) is 6.42 Å². The molecule has 0 amide bonds. The minimum absolute atomic E-state index is 0.889. The summed E-state index contributed by atoms with van der Waals surface area (Å²) >= 11 is 0. The van der Waals surface area contributed by atoms with E-state index in [9.17, 15) is 0 Å². The van der Waals surface area contributed by atoms with Crippen molar-refractivity contribution in [1.29, 1.82) is 0 Å². The van der Waals surface area contributed by atoms with Gasteiger partial charge in [0.15, 0.2) is 0 Å². The van der Waals surface area contributed by atoms with Crippen LogP contribution in [0.3, 0.4) is 0 Å². The average Bonchev–Trinajstić information content (AvgIpc) is 2.23. The largest absolute Gasteiger partial charge is 0.320 e. The molecule has 0 aromatic heterocycles. The summed E-state index contributed by atoms with van der Waals surface area (Å²) in [6.07, 6.45) is 5.60. The van der Waals surface area contributed by atoms with Gasteiger partial charge in [0.25, 0.3) is 0 Å². The maximum atomic E-state index is 3.21. The molecule has 0 saturated carbocycles. The van der Waals surface area contributed by atoms with Crippen molar-refractivity contribution in [2.75, 3.05) is 46.3 Å². The normalized spacial score (nSPS) is 25.4. The van der Waals surface area contributed by atoms with Crippen LogP contribution in [0, 0.1) is 0 Å². The van der Waals surface area contributed by atoms with Crippen LogP contribution >= 0.6 is 0 Å². The van der Waals surface area contributed by atoms with Gasteiger partial charge >= 0.3 is 0 Å². The quantitative estimate of drug-likeness (QED) is 0.678. The van der Waals surface area contributed by atoms with E-state index in [-0.39, 0.29) is 0 Å². The van der Waals surface area contributed by atoms with Gasteiger partial charge in [0.05, 0.1) is 0 Å². The summed E-state index contributed by atoms with van der Waals surface area (Å²) in [5.41, 5.74) is 0. The predicted octanol–water partition coefficient (Wildman–Crippen LogP) is 0.766. The second-order valence-electron chi connectivity index (χ2n) is 4.97. The zero-order valence-corrected chi connectivity index (χ0v) is 10.0. The zero-order chi connectivity index (χ0) is 10.5. The minimum atomic E-state index is 0.889. The smallest absolute Gasteiger partial charge is 0.0350 e. The van der Waals surface area contributed by atoms with Crippen molar-refractivity contribution in [1.82, 2.24) is 15.1 Å². The lowest BCUT2D eigenvalue weighted by Gasteiger charge is -2.46. The van der Waals surface area contributed by atoms with Gasteiger partial charge in [-0.25, -0.2) is 0 Å². The van der Waals surface area contributed by atoms with E-state index in [1.807, 2.05) is 7.05 Å². The van der Waals surface area contributed by atoms with Crippen molar-refractivity contribution < 1.29 is 0 Å². The Hall–Kier alpha value is -0.120. The molecule has 0 radical (unpaired) electrons. The van der Waals surface area contributed by atoms with Crippen molar-refractivity contribution >= 4 is 0 Å². The molecule has 15 heavy (non-hydrogen) atoms. The van der Waals surface area contributed by atoms with Crippen LogP contribution < -0.4 is 5.32 Å². The van der Waals surface area contributed by atoms with Crippen LogP contribution in [0.2, 0.25) is 0 Å². The summed E-state index contributed by atoms with van der Waals surface area (Å²) in [6, 6.07) is 0.889. The van der Waals surface area contributed by atoms with Crippen molar-refractivity contribution in [3.05, 3.63) is 0 Å². The van der Waals surface area contributed by atoms with E-state index in [1.165, 1.54) is 58.4 Å². The van der Waals surface area contributed by atoms with Crippen LogP contribution in [0.5, 0.6) is 0 Å². The number of likely N-dealkylation sites (tertiary alicyclic amines) is 2. The molecule has 0 atom stereocenters. The highest BCUT2D eigenvalue weighted by Crippen LogP contribution is 2.19. The van der Waals surface area contributed by atoms with Crippen LogP contribution in [-0.4, -0.2) is 62.2 Å². The van der Waals surface area contributed by atoms with Gasteiger partial charge in [0.1, 0.15) is 0 Å². The average molecular weight is 211 g/mol. The van der Waals surface area contributed by atoms with Crippen molar-refractivity contribution in [2.45, 2.75) is 31.7 Å². The molecule has 0 unspecified atom stereocenters. The molecule has 2 saturated heterocycles. The van der Waals surface area contributed by atoms with E-state index in [0.717, 1.165) is 12.6 Å². The second-order valence-corrected chi connectivity index (χ2v) is 4.97. The van der Waals surface area contributed by atoms with Gasteiger partial charge in [-0.15, -0.1) is 0 Å². The molecular weight excluding hydrogens is 186 g/mol. The van der Waals surface area contributed by atoms with Crippen LogP contribution in [0.25, 0.3) is 0 Å². The zero-order valence-electron chi connectivity index (χ0n) is 10.0. The number of hydrogen-bond acceptors (Lipinski definition) is 3. The van der Waals surface area contributed by atoms with Gasteiger partial charge in [0.2, 0.25) is 0 Å². The Labute approximate surface area is 93.8 Å². The summed E-state index contributed by atoms with van der Waals surface area (Å²) < 4.78 is 0. The summed E-state index contributed by atoms with van der Waals surface area (Å²) in [5, 5.41) is 3.21. The van der Waals surface area contributed by atoms with Crippen molar-refractivity contribution in [3.63, 3.8) is 0 Å². The molecule has 0 aliphatic carbocycles. The molecule has 1 N–H and O–H groups in total. The van der Waals surface area contributed by atoms with Crippen molar-refractivity contribution in [3.8, 4) is 0 Å². The van der Waals surface area contributed by atoms with Gasteiger partial charge < -0.3 is 10.2 Å². The number of hydrogen-bond donors (Lipinski definition) is 1. The molecule has 2 aliphatic heterocycles. The fourth-order valence-corrected chi connectivity index (χ4v) is 2.72. The lowest BCUT2D eigenvalue weighted by atomic mass is 10.0. The first-order valence-electron chi connectivity index (χ1n) is 6.51. The number of nitrogens with zero attached hydrogens (tertiary/aromatic N) is 2. The molecule has 0 aromatic carbocycles. The highest BCUT2D eigenvalue weighted by molar-refractivity contribution is 4.88. The van der Waals surface area contributed by atoms with Gasteiger partial charge in [0, 0.05) is 19.1 Å². The summed E-state index contributed by atoms with van der Waals surface area (Å²) in [7, 11) is 2.03. The number of piperidine rings is 1. The molecule has 0 aromatic rings. The first kappa shape index (κ1) is 11.4. The molecule has 0 bridgehead atoms. The Kier molecular flexibility index (Phi) is 4.42. The Morgan fingerprint density at radius 3 is 2.53 bits per heavy atom. The minimum Gasteiger partial charge on any atom is -0.320 e. The Balaban J connectivity index is 1.56. The third-order valence-corrected chi connectivity index (χ3v) is 3.75. The number of nitrogens with one attached hydrogen (secondary N) is 1. The lowest BCUT2D eigenvalue weighted by Crippen LogP contribution is -2.60. The van der Waals surface area contributed by atoms with E-state index in [1.54, 1.807) is 0 Å². The van der Waals surface area contributed by atoms with Crippen molar-refractivity contribution in [2.24, 2.45) is 0 Å². The Morgan fingerprint density at radius 2 is 1.87 bits per heavy atom. The van der Waals surface area contributed by atoms with E-state index in [2.05, 4.69) is 15.1 Å². The fourth-order valence-electron chi connectivity index (χ4n) is 2.72. The third-order valence-electron chi connectivity index (χ3n) is 3.75. The van der Waals surface area contributed by atoms with E-state index in [0.29, 0.717) is 0 Å². The monoisotopic (exact) mass is 211 g/mol. The highest BCUT2D eigenvalue weighted by atomic mass is 15.3. The molecule has 0 spiro atoms. The standard InChI is InChI=1S/C12H25N3/c1-13-6-5-7-14-10-12(11-14)15-8-3-2-4-9-15/h12-13H,2-11H2,1H3. The van der Waals surface area contributed by atoms with Crippen LogP contribution in [0.15, 0.2) is 0 Å². The molecule has 88 valence electrons. The van der Waals surface area contributed by atoms with Gasteiger partial charge in [-0.05, 0) is 52.5 Å². The molecule has 2 fully saturated rings. The SMILES string of the molecule is CNCCCN1CC(N2CCCCC2)C1. The predicted molar refractivity (Wildman–Crippen MR) is 64.2 cm³/mol. The topological polar surface area (TPSA) is 18.5 Å².